The van der Waals surface area contributed by atoms with Gasteiger partial charge < -0.3 is 34.2 Å². The minimum Gasteiger partial charge on any atom is -0.480 e. The molecule has 0 radical (unpaired) electrons. The van der Waals surface area contributed by atoms with E-state index in [-0.39, 0.29) is 65.5 Å². The number of hydrogen-bond donors (Lipinski definition) is 4. The standard InChI is InChI=1S/C16H28N3O13P/c20-11-30-9-18(10-31-12-21)3-5-19(14(32-13-22)1-6-33(27,28)29)4-2-17(7-15(23)24)8-16(25)26/h11-14H,1-10H2,(H,23,24)(H,25,26)(H2,27,28,29). The van der Waals surface area contributed by atoms with Crippen LogP contribution in [-0.2, 0) is 42.7 Å². The molecule has 17 heteroatoms. The van der Waals surface area contributed by atoms with E-state index in [1.54, 1.807) is 0 Å². The van der Waals surface area contributed by atoms with Crippen LogP contribution in [0, 0.1) is 0 Å². The summed E-state index contributed by atoms with van der Waals surface area (Å²) in [5.74, 6) is -2.54. The van der Waals surface area contributed by atoms with Crippen LogP contribution in [0.5, 0.6) is 0 Å². The highest BCUT2D eigenvalue weighted by Crippen LogP contribution is 2.35. The van der Waals surface area contributed by atoms with Crippen LogP contribution in [0.25, 0.3) is 0 Å². The number of rotatable bonds is 22. The van der Waals surface area contributed by atoms with E-state index in [4.69, 9.17) is 24.7 Å². The average Bonchev–Trinajstić information content (AvgIpc) is 2.71. The Balaban J connectivity index is 5.48. The summed E-state index contributed by atoms with van der Waals surface area (Å²) < 4.78 is 25.4. The second-order valence-corrected chi connectivity index (χ2v) is 8.35. The summed E-state index contributed by atoms with van der Waals surface area (Å²) in [5, 5.41) is 17.9. The predicted octanol–water partition coefficient (Wildman–Crippen LogP) is -2.61. The van der Waals surface area contributed by atoms with Gasteiger partial charge in [0.2, 0.25) is 0 Å². The minimum atomic E-state index is -4.44. The Labute approximate surface area is 188 Å². The molecule has 1 atom stereocenters. The van der Waals surface area contributed by atoms with Gasteiger partial charge in [0.25, 0.3) is 19.4 Å². The molecule has 0 aliphatic rings. The molecule has 0 amide bonds. The third kappa shape index (κ3) is 16.6. The first kappa shape index (κ1) is 30.4. The molecular formula is C16H28N3O13P. The molecular weight excluding hydrogens is 473 g/mol. The Bertz CT molecular complexity index is 646. The van der Waals surface area contributed by atoms with Gasteiger partial charge in [-0.05, 0) is 0 Å². The highest BCUT2D eigenvalue weighted by Gasteiger charge is 2.26. The first-order chi connectivity index (χ1) is 15.5. The van der Waals surface area contributed by atoms with Crippen molar-refractivity contribution in [3.63, 3.8) is 0 Å². The van der Waals surface area contributed by atoms with Crippen molar-refractivity contribution in [3.05, 3.63) is 0 Å². The van der Waals surface area contributed by atoms with Crippen molar-refractivity contribution in [2.45, 2.75) is 12.6 Å². The fourth-order valence-corrected chi connectivity index (χ4v) is 3.21. The van der Waals surface area contributed by atoms with Crippen LogP contribution in [0.2, 0.25) is 0 Å². The maximum atomic E-state index is 11.3. The summed E-state index contributed by atoms with van der Waals surface area (Å²) in [4.78, 5) is 76.0. The maximum Gasteiger partial charge on any atom is 0.325 e. The molecule has 0 aromatic rings. The molecule has 0 aliphatic carbocycles. The molecule has 0 spiro atoms. The number of hydrogen-bond acceptors (Lipinski definition) is 12. The van der Waals surface area contributed by atoms with Crippen molar-refractivity contribution < 1.29 is 62.7 Å². The molecule has 0 rings (SSSR count). The first-order valence-electron chi connectivity index (χ1n) is 9.38. The van der Waals surface area contributed by atoms with Gasteiger partial charge in [0.1, 0.15) is 13.5 Å². The number of carbonyl (C=O) groups is 5. The summed E-state index contributed by atoms with van der Waals surface area (Å²) >= 11 is 0. The third-order valence-electron chi connectivity index (χ3n) is 4.06. The Morgan fingerprint density at radius 2 is 1.30 bits per heavy atom. The molecule has 1 unspecified atom stereocenters. The zero-order chi connectivity index (χ0) is 25.3. The van der Waals surface area contributed by atoms with Gasteiger partial charge in [0, 0.05) is 32.6 Å². The van der Waals surface area contributed by atoms with Gasteiger partial charge in [0.15, 0.2) is 6.23 Å². The SMILES string of the molecule is O=COCN(CCN(CCN(CC(=O)O)CC(=O)O)C(CCP(=O)(O)O)OC=O)COC=O. The van der Waals surface area contributed by atoms with E-state index in [1.807, 2.05) is 0 Å². The lowest BCUT2D eigenvalue weighted by atomic mass is 10.3. The highest BCUT2D eigenvalue weighted by molar-refractivity contribution is 7.51. The van der Waals surface area contributed by atoms with Gasteiger partial charge in [-0.15, -0.1) is 0 Å². The van der Waals surface area contributed by atoms with Crippen LogP contribution in [0.3, 0.4) is 0 Å². The number of carboxylic acids is 2. The van der Waals surface area contributed by atoms with E-state index < -0.39 is 45.0 Å². The lowest BCUT2D eigenvalue weighted by Crippen LogP contribution is -2.48. The molecule has 190 valence electrons. The Morgan fingerprint density at radius 3 is 1.70 bits per heavy atom. The van der Waals surface area contributed by atoms with E-state index in [1.165, 1.54) is 9.80 Å². The smallest absolute Gasteiger partial charge is 0.325 e. The quantitative estimate of drug-likeness (QED) is 0.0516. The normalized spacial score (nSPS) is 12.4. The van der Waals surface area contributed by atoms with E-state index in [0.29, 0.717) is 0 Å². The molecule has 0 bridgehead atoms. The summed E-state index contributed by atoms with van der Waals surface area (Å²) in [5.41, 5.74) is 0. The van der Waals surface area contributed by atoms with E-state index in [9.17, 15) is 28.5 Å². The largest absolute Gasteiger partial charge is 0.480 e. The number of carbonyl (C=O) groups excluding carboxylic acids is 3. The van der Waals surface area contributed by atoms with Gasteiger partial charge >= 0.3 is 19.5 Å². The van der Waals surface area contributed by atoms with Crippen LogP contribution in [0.4, 0.5) is 0 Å². The average molecular weight is 501 g/mol. The molecule has 33 heavy (non-hydrogen) atoms. The summed E-state index contributed by atoms with van der Waals surface area (Å²) in [7, 11) is -4.44. The molecule has 0 saturated heterocycles. The van der Waals surface area contributed by atoms with Gasteiger partial charge in [0.05, 0.1) is 19.3 Å². The van der Waals surface area contributed by atoms with Gasteiger partial charge in [-0.1, -0.05) is 0 Å². The third-order valence-corrected chi connectivity index (χ3v) is 4.90. The number of carboxylic acid groups (broad SMARTS) is 2. The summed E-state index contributed by atoms with van der Waals surface area (Å²) in [6.45, 7) is -1.41. The number of ether oxygens (including phenoxy) is 3. The Morgan fingerprint density at radius 1 is 0.818 bits per heavy atom. The first-order valence-corrected chi connectivity index (χ1v) is 11.2. The van der Waals surface area contributed by atoms with Crippen LogP contribution in [0.15, 0.2) is 0 Å². The molecule has 0 aromatic heterocycles. The van der Waals surface area contributed by atoms with Crippen molar-refractivity contribution in [1.82, 2.24) is 14.7 Å². The number of aliphatic carboxylic acids is 2. The molecule has 16 nitrogen and oxygen atoms in total. The van der Waals surface area contributed by atoms with Gasteiger partial charge in [-0.3, -0.25) is 38.3 Å². The number of nitrogens with zero attached hydrogens (tertiary/aromatic N) is 3. The zero-order valence-corrected chi connectivity index (χ0v) is 18.5. The summed E-state index contributed by atoms with van der Waals surface area (Å²) in [6.07, 6.45) is -2.05. The molecule has 0 aliphatic heterocycles. The zero-order valence-electron chi connectivity index (χ0n) is 17.6. The fraction of sp³-hybridized carbons (Fsp3) is 0.688. The van der Waals surface area contributed by atoms with E-state index in [0.717, 1.165) is 4.90 Å². The van der Waals surface area contributed by atoms with Crippen LogP contribution < -0.4 is 0 Å². The minimum absolute atomic E-state index is 0.0120. The van der Waals surface area contributed by atoms with Gasteiger partial charge in [-0.25, -0.2) is 4.90 Å². The molecule has 0 aromatic carbocycles. The van der Waals surface area contributed by atoms with E-state index in [2.05, 4.69) is 9.47 Å². The van der Waals surface area contributed by atoms with Crippen LogP contribution in [0.1, 0.15) is 6.42 Å². The maximum absolute atomic E-state index is 11.3. The van der Waals surface area contributed by atoms with Crippen molar-refractivity contribution >= 4 is 39.0 Å². The van der Waals surface area contributed by atoms with Crippen molar-refractivity contribution in [3.8, 4) is 0 Å². The lowest BCUT2D eigenvalue weighted by Gasteiger charge is -2.33. The second-order valence-electron chi connectivity index (χ2n) is 6.58. The van der Waals surface area contributed by atoms with Crippen LogP contribution >= 0.6 is 7.60 Å². The second kappa shape index (κ2) is 16.9. The van der Waals surface area contributed by atoms with Crippen molar-refractivity contribution in [2.24, 2.45) is 0 Å². The lowest BCUT2D eigenvalue weighted by molar-refractivity contribution is -0.148. The topological polar surface area (TPSA) is 221 Å². The Hall–Kier alpha value is -2.62. The predicted molar refractivity (Wildman–Crippen MR) is 106 cm³/mol. The molecule has 0 fully saturated rings. The van der Waals surface area contributed by atoms with Crippen molar-refractivity contribution in [2.75, 3.05) is 58.9 Å². The van der Waals surface area contributed by atoms with E-state index >= 15 is 0 Å². The fourth-order valence-electron chi connectivity index (χ4n) is 2.65. The Kier molecular flexibility index (Phi) is 15.6. The molecule has 0 heterocycles. The van der Waals surface area contributed by atoms with Gasteiger partial charge in [-0.2, -0.15) is 0 Å². The van der Waals surface area contributed by atoms with Crippen LogP contribution in [-0.4, -0.2) is 131 Å². The van der Waals surface area contributed by atoms with Crippen molar-refractivity contribution in [1.29, 1.82) is 0 Å². The summed E-state index contributed by atoms with van der Waals surface area (Å²) in [6, 6.07) is 0. The molecule has 4 N–H and O–H groups in total. The monoisotopic (exact) mass is 501 g/mol. The molecule has 0 saturated carbocycles. The highest BCUT2D eigenvalue weighted by atomic mass is 31.2.